The van der Waals surface area contributed by atoms with Gasteiger partial charge in [-0.2, -0.15) is 0 Å². The summed E-state index contributed by atoms with van der Waals surface area (Å²) in [5.41, 5.74) is 0. The van der Waals surface area contributed by atoms with Gasteiger partial charge in [0.15, 0.2) is 0 Å². The normalized spacial score (nSPS) is 4.57. The Labute approximate surface area is 36.6 Å². The van der Waals surface area contributed by atoms with Crippen LogP contribution in [0.25, 0.3) is 0 Å². The summed E-state index contributed by atoms with van der Waals surface area (Å²) < 4.78 is 0. The van der Waals surface area contributed by atoms with Crippen molar-refractivity contribution in [3.63, 3.8) is 0 Å². The fraction of sp³-hybridized carbons (Fsp3) is 0. The molecule has 0 aliphatic carbocycles. The molecule has 0 aliphatic heterocycles. The molecule has 0 spiro atoms. The quantitative estimate of drug-likeness (QED) is 0.232. The van der Waals surface area contributed by atoms with Gasteiger partial charge < -0.3 is 15.3 Å². The van der Waals surface area contributed by atoms with Crippen molar-refractivity contribution in [3.05, 3.63) is 25.1 Å². The molecule has 7 heteroatoms. The van der Waals surface area contributed by atoms with Gasteiger partial charge in [0.2, 0.25) is 9.81 Å². The van der Waals surface area contributed by atoms with Crippen LogP contribution in [0.15, 0.2) is 0 Å². The van der Waals surface area contributed by atoms with Gasteiger partial charge in [-0.15, -0.1) is 0 Å². The fourth-order valence-corrected chi connectivity index (χ4v) is 0. The molecule has 0 heterocycles. The van der Waals surface area contributed by atoms with Crippen molar-refractivity contribution in [3.8, 4) is 0 Å². The molecule has 0 aliphatic rings. The maximum Gasteiger partial charge on any atom is 0.569 e. The molecule has 0 bridgehead atoms. The molecule has 7 heavy (non-hydrogen) atoms. The Kier molecular flexibility index (Phi) is 11.5. The van der Waals surface area contributed by atoms with Crippen LogP contribution in [-0.4, -0.2) is 5.09 Å². The van der Waals surface area contributed by atoms with E-state index in [0.717, 1.165) is 5.04 Å². The van der Waals surface area contributed by atoms with Gasteiger partial charge in [-0.3, -0.25) is 0 Å². The molecule has 0 saturated heterocycles. The highest BCUT2D eigenvalue weighted by molar-refractivity contribution is 4.03. The van der Waals surface area contributed by atoms with E-state index in [2.05, 4.69) is 0 Å². The van der Waals surface area contributed by atoms with Crippen LogP contribution in [0.3, 0.4) is 0 Å². The Balaban J connectivity index is 0. The lowest BCUT2D eigenvalue weighted by atomic mass is 13.1. The Hall–Kier alpha value is -1.49. The van der Waals surface area contributed by atoms with E-state index in [0.29, 0.717) is 0 Å². The van der Waals surface area contributed by atoms with Gasteiger partial charge in [0.05, 0.1) is 5.09 Å². The number of rotatable bonds is 0. The van der Waals surface area contributed by atoms with Gasteiger partial charge in [-0.05, 0) is 0 Å². The molecule has 0 aromatic rings. The Morgan fingerprint density at radius 2 is 1.29 bits per heavy atom. The maximum atomic E-state index is 8.25. The van der Waals surface area contributed by atoms with Crippen molar-refractivity contribution < 1.29 is 5.09 Å². The van der Waals surface area contributed by atoms with E-state index in [1.165, 1.54) is 0 Å². The lowest BCUT2D eigenvalue weighted by molar-refractivity contribution is -0.402. The fourth-order valence-electron chi connectivity index (χ4n) is 0. The average Bonchev–Trinajstić information content (AvgIpc) is 1.33. The van der Waals surface area contributed by atoms with E-state index in [1.54, 1.807) is 0 Å². The van der Waals surface area contributed by atoms with E-state index in [4.69, 9.17) is 25.1 Å². The second kappa shape index (κ2) is 8.82. The van der Waals surface area contributed by atoms with Crippen molar-refractivity contribution >= 4 is 0 Å². The van der Waals surface area contributed by atoms with Crippen LogP contribution in [0.4, 0.5) is 0 Å². The summed E-state index contributed by atoms with van der Waals surface area (Å²) in [6.07, 6.45) is 0. The van der Waals surface area contributed by atoms with Crippen molar-refractivity contribution in [2.45, 2.75) is 0 Å². The first kappa shape index (κ1) is 9.10. The third-order valence-electron chi connectivity index (χ3n) is 0. The molecule has 40 valence electrons. The SMILES string of the molecule is O=[N+]([O-])[O-].O=[N+]=O. The third-order valence-corrected chi connectivity index (χ3v) is 0. The summed E-state index contributed by atoms with van der Waals surface area (Å²) in [4.78, 5) is 24.2. The summed E-state index contributed by atoms with van der Waals surface area (Å²) in [5, 5.41) is 15.8. The monoisotopic (exact) mass is 108 g/mol. The highest BCUT2D eigenvalue weighted by Gasteiger charge is 1.45. The van der Waals surface area contributed by atoms with Gasteiger partial charge in [-0.1, -0.05) is 0 Å². The molecular formula is N2O5. The summed E-state index contributed by atoms with van der Waals surface area (Å²) in [7, 11) is 0. The topological polar surface area (TPSA) is 114 Å². The van der Waals surface area contributed by atoms with Crippen LogP contribution in [0.2, 0.25) is 0 Å². The smallest absolute Gasteiger partial charge is 0.356 e. The summed E-state index contributed by atoms with van der Waals surface area (Å²) in [6.45, 7) is 0. The van der Waals surface area contributed by atoms with Crippen LogP contribution >= 0.6 is 0 Å². The van der Waals surface area contributed by atoms with E-state index in [1.807, 2.05) is 0 Å². The van der Waals surface area contributed by atoms with Crippen molar-refractivity contribution in [2.75, 3.05) is 0 Å². The van der Waals surface area contributed by atoms with Gasteiger partial charge in [0.1, 0.15) is 0 Å². The van der Waals surface area contributed by atoms with Crippen molar-refractivity contribution in [2.24, 2.45) is 0 Å². The minimum Gasteiger partial charge on any atom is -0.356 e. The molecule has 0 amide bonds. The van der Waals surface area contributed by atoms with Crippen LogP contribution in [0, 0.1) is 25.1 Å². The number of nitroso groups, excluding NO2 is 2. The van der Waals surface area contributed by atoms with Crippen LogP contribution in [0.5, 0.6) is 0 Å². The highest BCUT2D eigenvalue weighted by atomic mass is 16.9. The number of hydrogen-bond donors (Lipinski definition) is 0. The highest BCUT2D eigenvalue weighted by Crippen LogP contribution is 1.44. The summed E-state index contributed by atoms with van der Waals surface area (Å²) >= 11 is 0. The standard InChI is InChI=1S/NO3.NO2/c2-1(3)4;2-1-3/q-1;+1. The largest absolute Gasteiger partial charge is 0.569 e. The Bertz CT molecular complexity index is 74.1. The first-order valence-corrected chi connectivity index (χ1v) is 0.913. The van der Waals surface area contributed by atoms with Gasteiger partial charge in [0, 0.05) is 0 Å². The third kappa shape index (κ3) is 12.8. The van der Waals surface area contributed by atoms with Gasteiger partial charge in [0.25, 0.3) is 0 Å². The summed E-state index contributed by atoms with van der Waals surface area (Å²) in [5.74, 6) is 0. The molecule has 0 fully saturated rings. The second-order valence-electron chi connectivity index (χ2n) is 0.298. The molecule has 0 atom stereocenters. The van der Waals surface area contributed by atoms with E-state index >= 15 is 0 Å². The zero-order valence-corrected chi connectivity index (χ0v) is 2.94. The molecule has 0 unspecified atom stereocenters. The Morgan fingerprint density at radius 1 is 1.29 bits per heavy atom. The molecule has 0 aromatic heterocycles. The Morgan fingerprint density at radius 3 is 1.29 bits per heavy atom. The molecule has 0 rings (SSSR count). The second-order valence-corrected chi connectivity index (χ2v) is 0.298. The van der Waals surface area contributed by atoms with Crippen LogP contribution < -0.4 is 5.04 Å². The zero-order valence-electron chi connectivity index (χ0n) is 2.94. The van der Waals surface area contributed by atoms with Crippen LogP contribution in [0.1, 0.15) is 0 Å². The first-order valence-electron chi connectivity index (χ1n) is 0.913. The molecule has 0 saturated carbocycles. The zero-order chi connectivity index (χ0) is 6.28. The van der Waals surface area contributed by atoms with Crippen molar-refractivity contribution in [1.82, 2.24) is 5.04 Å². The minimum absolute atomic E-state index is 1.00. The molecular weight excluding hydrogens is 108 g/mol. The van der Waals surface area contributed by atoms with Gasteiger partial charge >= 0.3 is 5.04 Å². The van der Waals surface area contributed by atoms with E-state index in [-0.39, 0.29) is 0 Å². The van der Waals surface area contributed by atoms with Crippen molar-refractivity contribution in [1.29, 1.82) is 0 Å². The van der Waals surface area contributed by atoms with Crippen LogP contribution in [-0.2, 0) is 0 Å². The van der Waals surface area contributed by atoms with E-state index in [9.17, 15) is 0 Å². The van der Waals surface area contributed by atoms with E-state index < -0.39 is 5.09 Å². The predicted octanol–water partition coefficient (Wildman–Crippen LogP) is -0.653. The predicted molar refractivity (Wildman–Crippen MR) is 19.2 cm³/mol. The number of hydrogen-bond acceptors (Lipinski definition) is 5. The number of nitrogens with zero attached hydrogens (tertiary/aromatic N) is 2. The molecule has 0 aromatic carbocycles. The van der Waals surface area contributed by atoms with Gasteiger partial charge in [-0.25, -0.2) is 0 Å². The lowest BCUT2D eigenvalue weighted by Gasteiger charge is -1.74. The summed E-state index contributed by atoms with van der Waals surface area (Å²) in [6, 6.07) is 0. The maximum absolute atomic E-state index is 8.25. The lowest BCUT2D eigenvalue weighted by Crippen LogP contribution is -1.74. The molecule has 0 N–H and O–H groups in total. The molecule has 0 radical (unpaired) electrons. The first-order chi connectivity index (χ1) is 3.15. The molecule has 7 nitrogen and oxygen atoms in total. The minimum atomic E-state index is -1.75. The average molecular weight is 108 g/mol.